The highest BCUT2D eigenvalue weighted by atomic mass is 16.5. The maximum atomic E-state index is 11.8. The number of aliphatic carboxylic acids is 1. The van der Waals surface area contributed by atoms with Gasteiger partial charge in [-0.1, -0.05) is 26.0 Å². The Morgan fingerprint density at radius 1 is 1.32 bits per heavy atom. The molecule has 9 nitrogen and oxygen atoms in total. The van der Waals surface area contributed by atoms with E-state index in [0.717, 1.165) is 12.8 Å². The molecule has 1 aliphatic carbocycles. The number of amides is 1. The van der Waals surface area contributed by atoms with Crippen LogP contribution in [0, 0.1) is 0 Å². The third-order valence-corrected chi connectivity index (χ3v) is 5.05. The monoisotopic (exact) mass is 394 g/mol. The highest BCUT2D eigenvalue weighted by molar-refractivity contribution is 5.87. The van der Waals surface area contributed by atoms with Crippen LogP contribution in [0.5, 0.6) is 0 Å². The summed E-state index contributed by atoms with van der Waals surface area (Å²) < 4.78 is 7.67. The molecule has 3 N–H and O–H groups in total. The molecule has 28 heavy (non-hydrogen) atoms. The Morgan fingerprint density at radius 3 is 2.54 bits per heavy atom. The number of carboxylic acids is 1. The number of nitrogens with zero attached hydrogens (tertiary/aromatic N) is 3. The molecule has 0 saturated heterocycles. The highest BCUT2D eigenvalue weighted by Gasteiger charge is 2.39. The number of aromatic nitrogens is 3. The minimum atomic E-state index is -1.03. The summed E-state index contributed by atoms with van der Waals surface area (Å²) in [6, 6.07) is -1.09. The van der Waals surface area contributed by atoms with E-state index < -0.39 is 30.3 Å². The van der Waals surface area contributed by atoms with E-state index >= 15 is 0 Å². The Hall–Kier alpha value is -2.26. The van der Waals surface area contributed by atoms with E-state index in [-0.39, 0.29) is 24.0 Å². The first-order valence-corrected chi connectivity index (χ1v) is 9.76. The Kier molecular flexibility index (Phi) is 7.70. The molecule has 1 aliphatic rings. The topological polar surface area (TPSA) is 127 Å². The van der Waals surface area contributed by atoms with Gasteiger partial charge in [-0.3, -0.25) is 4.79 Å². The van der Waals surface area contributed by atoms with Crippen LogP contribution in [-0.4, -0.2) is 55.3 Å². The normalized spacial score (nSPS) is 23.4. The largest absolute Gasteiger partial charge is 0.478 e. The summed E-state index contributed by atoms with van der Waals surface area (Å²) in [4.78, 5) is 23.5. The van der Waals surface area contributed by atoms with Crippen LogP contribution in [-0.2, 0) is 14.3 Å². The van der Waals surface area contributed by atoms with E-state index in [2.05, 4.69) is 15.6 Å². The molecular weight excluding hydrogens is 364 g/mol. The van der Waals surface area contributed by atoms with E-state index in [0.29, 0.717) is 12.1 Å². The van der Waals surface area contributed by atoms with Gasteiger partial charge >= 0.3 is 5.97 Å². The predicted molar refractivity (Wildman–Crippen MR) is 101 cm³/mol. The van der Waals surface area contributed by atoms with Crippen LogP contribution in [0.1, 0.15) is 71.2 Å². The molecule has 0 fully saturated rings. The lowest BCUT2D eigenvalue weighted by Gasteiger charge is -2.38. The van der Waals surface area contributed by atoms with Gasteiger partial charge in [0.15, 0.2) is 0 Å². The van der Waals surface area contributed by atoms with Crippen molar-refractivity contribution in [1.29, 1.82) is 0 Å². The van der Waals surface area contributed by atoms with Crippen molar-refractivity contribution in [2.45, 2.75) is 83.8 Å². The number of nitrogens with one attached hydrogen (secondary N) is 1. The fraction of sp³-hybridized carbons (Fsp3) is 0.684. The summed E-state index contributed by atoms with van der Waals surface area (Å²) in [5.74, 6) is -1.27. The molecule has 9 heteroatoms. The fourth-order valence-electron chi connectivity index (χ4n) is 3.41. The standard InChI is InChI=1S/C19H30N4O5/c1-5-13(6-2)28-17-9-12(19(26)27)8-15(18(17)20-11(4)24)23-10-14(21-22-23)16(25)7-3/h8,10,13,15-18,25H,5-7,9H2,1-4H3,(H,20,24)(H,26,27)/t15-,16?,17-,18-/m1/s1. The van der Waals surface area contributed by atoms with Gasteiger partial charge in [-0.15, -0.1) is 5.10 Å². The van der Waals surface area contributed by atoms with Gasteiger partial charge in [-0.05, 0) is 25.3 Å². The zero-order valence-electron chi connectivity index (χ0n) is 16.8. The van der Waals surface area contributed by atoms with Crippen molar-refractivity contribution in [2.24, 2.45) is 0 Å². The summed E-state index contributed by atoms with van der Waals surface area (Å²) in [6.07, 6.45) is 4.09. The first-order valence-electron chi connectivity index (χ1n) is 9.76. The second-order valence-corrected chi connectivity index (χ2v) is 7.08. The number of carbonyl (C=O) groups is 2. The summed E-state index contributed by atoms with van der Waals surface area (Å²) >= 11 is 0. The Labute approximate surface area is 164 Å². The van der Waals surface area contributed by atoms with Gasteiger partial charge in [-0.25, -0.2) is 9.48 Å². The van der Waals surface area contributed by atoms with Crippen molar-refractivity contribution in [3.8, 4) is 0 Å². The molecule has 1 aromatic rings. The smallest absolute Gasteiger partial charge is 0.331 e. The van der Waals surface area contributed by atoms with Gasteiger partial charge in [0.05, 0.1) is 36.6 Å². The molecular formula is C19H30N4O5. The van der Waals surface area contributed by atoms with Gasteiger partial charge in [0.1, 0.15) is 5.69 Å². The van der Waals surface area contributed by atoms with Crippen LogP contribution >= 0.6 is 0 Å². The minimum Gasteiger partial charge on any atom is -0.478 e. The minimum absolute atomic E-state index is 0.0386. The Balaban J connectivity index is 2.44. The molecule has 156 valence electrons. The van der Waals surface area contributed by atoms with Crippen molar-refractivity contribution in [2.75, 3.05) is 0 Å². The fourth-order valence-corrected chi connectivity index (χ4v) is 3.41. The van der Waals surface area contributed by atoms with Gasteiger partial charge in [0.2, 0.25) is 5.91 Å². The number of aliphatic hydroxyl groups is 1. The summed E-state index contributed by atoms with van der Waals surface area (Å²) in [5.41, 5.74) is 0.605. The Morgan fingerprint density at radius 2 is 2.00 bits per heavy atom. The summed E-state index contributed by atoms with van der Waals surface area (Å²) in [7, 11) is 0. The molecule has 1 heterocycles. The number of ether oxygens (including phenoxy) is 1. The maximum absolute atomic E-state index is 11.8. The van der Waals surface area contributed by atoms with E-state index in [9.17, 15) is 19.8 Å². The quantitative estimate of drug-likeness (QED) is 0.582. The number of rotatable bonds is 9. The van der Waals surface area contributed by atoms with Crippen molar-refractivity contribution in [3.63, 3.8) is 0 Å². The lowest BCUT2D eigenvalue weighted by atomic mass is 9.87. The highest BCUT2D eigenvalue weighted by Crippen LogP contribution is 2.31. The van der Waals surface area contributed by atoms with Crippen molar-refractivity contribution in [1.82, 2.24) is 20.3 Å². The molecule has 2 rings (SSSR count). The van der Waals surface area contributed by atoms with E-state index in [1.165, 1.54) is 11.6 Å². The van der Waals surface area contributed by atoms with Crippen molar-refractivity contribution in [3.05, 3.63) is 23.5 Å². The lowest BCUT2D eigenvalue weighted by molar-refractivity contribution is -0.134. The van der Waals surface area contributed by atoms with Gasteiger partial charge < -0.3 is 20.3 Å². The molecule has 1 aromatic heterocycles. The van der Waals surface area contributed by atoms with Gasteiger partial charge in [-0.2, -0.15) is 0 Å². The molecule has 1 amide bonds. The molecule has 1 unspecified atom stereocenters. The predicted octanol–water partition coefficient (Wildman–Crippen LogP) is 1.76. The molecule has 0 bridgehead atoms. The van der Waals surface area contributed by atoms with Gasteiger partial charge in [0.25, 0.3) is 0 Å². The zero-order valence-corrected chi connectivity index (χ0v) is 16.8. The van der Waals surface area contributed by atoms with Crippen LogP contribution in [0.15, 0.2) is 17.8 Å². The lowest BCUT2D eigenvalue weighted by Crippen LogP contribution is -2.52. The average Bonchev–Trinajstić information content (AvgIpc) is 3.15. The van der Waals surface area contributed by atoms with Crippen LogP contribution < -0.4 is 5.32 Å². The molecule has 0 spiro atoms. The number of carboxylic acid groups (broad SMARTS) is 1. The van der Waals surface area contributed by atoms with E-state index in [1.807, 2.05) is 20.8 Å². The van der Waals surface area contributed by atoms with Crippen LogP contribution in [0.25, 0.3) is 0 Å². The number of carbonyl (C=O) groups excluding carboxylic acids is 1. The van der Waals surface area contributed by atoms with Crippen LogP contribution in [0.3, 0.4) is 0 Å². The van der Waals surface area contributed by atoms with Gasteiger partial charge in [0, 0.05) is 18.9 Å². The average molecular weight is 394 g/mol. The van der Waals surface area contributed by atoms with Crippen molar-refractivity contribution >= 4 is 11.9 Å². The molecule has 0 aliphatic heterocycles. The number of aliphatic hydroxyl groups excluding tert-OH is 1. The third-order valence-electron chi connectivity index (χ3n) is 5.05. The van der Waals surface area contributed by atoms with E-state index in [4.69, 9.17) is 4.74 Å². The number of hydrogen-bond acceptors (Lipinski definition) is 6. The molecule has 0 saturated carbocycles. The van der Waals surface area contributed by atoms with Crippen LogP contribution in [0.4, 0.5) is 0 Å². The maximum Gasteiger partial charge on any atom is 0.331 e. The van der Waals surface area contributed by atoms with E-state index in [1.54, 1.807) is 12.3 Å². The zero-order chi connectivity index (χ0) is 20.8. The van der Waals surface area contributed by atoms with Crippen molar-refractivity contribution < 1.29 is 24.5 Å². The second kappa shape index (κ2) is 9.79. The second-order valence-electron chi connectivity index (χ2n) is 7.08. The van der Waals surface area contributed by atoms with Crippen LogP contribution in [0.2, 0.25) is 0 Å². The Bertz CT molecular complexity index is 713. The molecule has 0 radical (unpaired) electrons. The summed E-state index contributed by atoms with van der Waals surface area (Å²) in [5, 5.41) is 30.5. The molecule has 4 atom stereocenters. The SMILES string of the molecule is CCC(CC)O[C@@H]1CC(C(=O)O)=C[C@@H](n2cc(C(O)CC)nn2)[C@H]1NC(C)=O. The molecule has 0 aromatic carbocycles. The first kappa shape index (κ1) is 22.0. The summed E-state index contributed by atoms with van der Waals surface area (Å²) in [6.45, 7) is 7.25. The third kappa shape index (κ3) is 5.17. The first-order chi connectivity index (χ1) is 13.3. The number of hydrogen-bond donors (Lipinski definition) is 3.